The summed E-state index contributed by atoms with van der Waals surface area (Å²) in [5.74, 6) is 0.224. The fraction of sp³-hybridized carbons (Fsp3) is 0.500. The van der Waals surface area contributed by atoms with Crippen LogP contribution in [0.3, 0.4) is 0 Å². The number of aliphatic hydroxyl groups excluding tert-OH is 2. The topological polar surface area (TPSA) is 110 Å². The molecule has 4 atom stereocenters. The van der Waals surface area contributed by atoms with Gasteiger partial charge >= 0.3 is 0 Å². The molecular weight excluding hydrogens is 273 g/mol. The van der Waals surface area contributed by atoms with E-state index in [1.54, 1.807) is 0 Å². The lowest BCUT2D eigenvalue weighted by Crippen LogP contribution is -2.29. The molecule has 102 valence electrons. The predicted octanol–water partition coefficient (Wildman–Crippen LogP) is -0.286. The summed E-state index contributed by atoms with van der Waals surface area (Å²) in [4.78, 5) is 11.9. The van der Waals surface area contributed by atoms with Crippen molar-refractivity contribution in [2.45, 2.75) is 22.9 Å². The summed E-state index contributed by atoms with van der Waals surface area (Å²) < 4.78 is 15.6. The number of rotatable bonds is 2. The third-order valence-corrected chi connectivity index (χ3v) is 4.68. The van der Waals surface area contributed by atoms with Crippen LogP contribution in [0.1, 0.15) is 5.37 Å². The Hall–Kier alpha value is -1.45. The standard InChI is InChI=1S/C10H12FN5O2S/c11-5-7(18)4(1-17)19-10(5)16-3-15-6-8(12)13-2-14-9(6)16/h2-5,7,10,17-18H,1H2,(H2,12,13,14)/t4-,5-,7+,10-/m1/s1. The highest BCUT2D eigenvalue weighted by Crippen LogP contribution is 2.44. The summed E-state index contributed by atoms with van der Waals surface area (Å²) in [6.45, 7) is -0.285. The zero-order valence-electron chi connectivity index (χ0n) is 9.72. The number of imidazole rings is 1. The first-order chi connectivity index (χ1) is 9.13. The molecule has 0 spiro atoms. The van der Waals surface area contributed by atoms with E-state index in [1.807, 2.05) is 0 Å². The number of halogens is 1. The number of alkyl halides is 1. The Bertz CT molecular complexity index is 609. The van der Waals surface area contributed by atoms with Gasteiger partial charge in [-0.1, -0.05) is 0 Å². The molecule has 0 saturated carbocycles. The summed E-state index contributed by atoms with van der Waals surface area (Å²) in [6.07, 6.45) is -0.0119. The maximum absolute atomic E-state index is 14.1. The molecule has 0 bridgehead atoms. The van der Waals surface area contributed by atoms with Crippen LogP contribution in [0.25, 0.3) is 11.2 Å². The SMILES string of the molecule is Nc1ncnc2c1ncn2[C@@H]1S[C@H](CO)[C@H](O)[C@H]1F. The summed E-state index contributed by atoms with van der Waals surface area (Å²) in [7, 11) is 0. The number of thioether (sulfide) groups is 1. The molecule has 0 unspecified atom stereocenters. The van der Waals surface area contributed by atoms with Crippen LogP contribution in [0.4, 0.5) is 10.2 Å². The van der Waals surface area contributed by atoms with Gasteiger partial charge in [-0.2, -0.15) is 0 Å². The molecule has 9 heteroatoms. The average molecular weight is 285 g/mol. The minimum absolute atomic E-state index is 0.224. The van der Waals surface area contributed by atoms with E-state index in [1.165, 1.54) is 17.2 Å². The highest BCUT2D eigenvalue weighted by Gasteiger charge is 2.44. The Morgan fingerprint density at radius 2 is 2.21 bits per heavy atom. The smallest absolute Gasteiger partial charge is 0.166 e. The number of nitrogen functional groups attached to an aromatic ring is 1. The molecule has 1 aliphatic rings. The first-order valence-electron chi connectivity index (χ1n) is 5.65. The summed E-state index contributed by atoms with van der Waals surface area (Å²) in [5, 5.41) is 17.6. The van der Waals surface area contributed by atoms with Crippen LogP contribution in [0.15, 0.2) is 12.7 Å². The van der Waals surface area contributed by atoms with Gasteiger partial charge in [-0.25, -0.2) is 19.3 Å². The molecule has 1 fully saturated rings. The van der Waals surface area contributed by atoms with Crippen molar-refractivity contribution in [3.8, 4) is 0 Å². The maximum Gasteiger partial charge on any atom is 0.166 e. The van der Waals surface area contributed by atoms with Crippen molar-refractivity contribution in [3.05, 3.63) is 12.7 Å². The molecule has 2 aromatic rings. The van der Waals surface area contributed by atoms with Crippen LogP contribution in [0.5, 0.6) is 0 Å². The maximum atomic E-state index is 14.1. The van der Waals surface area contributed by atoms with Gasteiger partial charge in [-0.05, 0) is 0 Å². The number of aliphatic hydroxyl groups is 2. The quantitative estimate of drug-likeness (QED) is 0.695. The highest BCUT2D eigenvalue weighted by molar-refractivity contribution is 8.00. The molecule has 2 aromatic heterocycles. The van der Waals surface area contributed by atoms with Gasteiger partial charge in [0.25, 0.3) is 0 Å². The van der Waals surface area contributed by atoms with Crippen LogP contribution >= 0.6 is 11.8 Å². The molecule has 19 heavy (non-hydrogen) atoms. The van der Waals surface area contributed by atoms with E-state index in [0.717, 1.165) is 11.8 Å². The van der Waals surface area contributed by atoms with E-state index in [0.29, 0.717) is 11.2 Å². The highest BCUT2D eigenvalue weighted by atomic mass is 32.2. The predicted molar refractivity (Wildman–Crippen MR) is 68.1 cm³/mol. The lowest BCUT2D eigenvalue weighted by molar-refractivity contribution is 0.0642. The van der Waals surface area contributed by atoms with E-state index in [4.69, 9.17) is 10.8 Å². The molecule has 0 aliphatic carbocycles. The number of anilines is 1. The van der Waals surface area contributed by atoms with Crippen molar-refractivity contribution in [2.24, 2.45) is 0 Å². The zero-order chi connectivity index (χ0) is 13.6. The molecule has 1 saturated heterocycles. The van der Waals surface area contributed by atoms with Crippen molar-refractivity contribution in [1.82, 2.24) is 19.5 Å². The van der Waals surface area contributed by atoms with Crippen molar-refractivity contribution in [1.29, 1.82) is 0 Å². The van der Waals surface area contributed by atoms with Gasteiger partial charge in [0.2, 0.25) is 0 Å². The van der Waals surface area contributed by atoms with Crippen molar-refractivity contribution < 1.29 is 14.6 Å². The third kappa shape index (κ3) is 1.85. The average Bonchev–Trinajstić information content (AvgIpc) is 2.94. The minimum atomic E-state index is -1.50. The molecule has 0 amide bonds. The molecular formula is C10H12FN5O2S. The van der Waals surface area contributed by atoms with E-state index >= 15 is 0 Å². The summed E-state index contributed by atoms with van der Waals surface area (Å²) in [5.41, 5.74) is 6.48. The van der Waals surface area contributed by atoms with Gasteiger partial charge in [0.1, 0.15) is 23.3 Å². The number of aromatic nitrogens is 4. The van der Waals surface area contributed by atoms with Crippen LogP contribution in [0, 0.1) is 0 Å². The second-order valence-electron chi connectivity index (χ2n) is 4.27. The van der Waals surface area contributed by atoms with Crippen molar-refractivity contribution in [2.75, 3.05) is 12.3 Å². The van der Waals surface area contributed by atoms with Gasteiger partial charge in [-0.3, -0.25) is 4.57 Å². The number of nitrogens with two attached hydrogens (primary N) is 1. The first kappa shape index (κ1) is 12.6. The van der Waals surface area contributed by atoms with Crippen LogP contribution in [-0.2, 0) is 0 Å². The van der Waals surface area contributed by atoms with Crippen LogP contribution < -0.4 is 5.73 Å². The second-order valence-corrected chi connectivity index (χ2v) is 5.63. The number of nitrogens with zero attached hydrogens (tertiary/aromatic N) is 4. The van der Waals surface area contributed by atoms with Crippen LogP contribution in [-0.4, -0.2) is 53.9 Å². The molecule has 1 aliphatic heterocycles. The molecule has 0 radical (unpaired) electrons. The summed E-state index contributed by atoms with van der Waals surface area (Å²) >= 11 is 1.15. The third-order valence-electron chi connectivity index (χ3n) is 3.13. The zero-order valence-corrected chi connectivity index (χ0v) is 10.5. The number of hydrogen-bond acceptors (Lipinski definition) is 7. The lowest BCUT2D eigenvalue weighted by atomic mass is 10.1. The van der Waals surface area contributed by atoms with Gasteiger partial charge in [0, 0.05) is 0 Å². The lowest BCUT2D eigenvalue weighted by Gasteiger charge is -2.14. The Balaban J connectivity index is 2.04. The number of fused-ring (bicyclic) bond motifs is 1. The molecule has 3 heterocycles. The van der Waals surface area contributed by atoms with Crippen molar-refractivity contribution >= 4 is 28.7 Å². The Morgan fingerprint density at radius 1 is 1.42 bits per heavy atom. The van der Waals surface area contributed by atoms with Gasteiger partial charge in [-0.15, -0.1) is 11.8 Å². The van der Waals surface area contributed by atoms with E-state index < -0.39 is 22.9 Å². The van der Waals surface area contributed by atoms with Gasteiger partial charge < -0.3 is 15.9 Å². The van der Waals surface area contributed by atoms with Gasteiger partial charge in [0.15, 0.2) is 17.6 Å². The Kier molecular flexibility index (Phi) is 3.03. The molecule has 3 rings (SSSR count). The van der Waals surface area contributed by atoms with E-state index in [-0.39, 0.29) is 12.4 Å². The van der Waals surface area contributed by atoms with Crippen LogP contribution in [0.2, 0.25) is 0 Å². The fourth-order valence-electron chi connectivity index (χ4n) is 2.13. The Morgan fingerprint density at radius 3 is 2.89 bits per heavy atom. The molecule has 4 N–H and O–H groups in total. The minimum Gasteiger partial charge on any atom is -0.395 e. The van der Waals surface area contributed by atoms with E-state index in [9.17, 15) is 9.50 Å². The van der Waals surface area contributed by atoms with Crippen molar-refractivity contribution in [3.63, 3.8) is 0 Å². The van der Waals surface area contributed by atoms with E-state index in [2.05, 4.69) is 15.0 Å². The monoisotopic (exact) mass is 285 g/mol. The second kappa shape index (κ2) is 4.58. The summed E-state index contributed by atoms with van der Waals surface area (Å²) in [6, 6.07) is 0. The molecule has 7 nitrogen and oxygen atoms in total. The molecule has 0 aromatic carbocycles. The first-order valence-corrected chi connectivity index (χ1v) is 6.59. The fourth-order valence-corrected chi connectivity index (χ4v) is 3.49. The number of hydrogen-bond donors (Lipinski definition) is 3. The normalized spacial score (nSPS) is 31.1. The largest absolute Gasteiger partial charge is 0.395 e. The van der Waals surface area contributed by atoms with Gasteiger partial charge in [0.05, 0.1) is 18.2 Å². The Labute approximate surface area is 111 Å².